The molecule has 0 aromatic heterocycles. The molecule has 0 bridgehead atoms. The molecule has 0 aliphatic carbocycles. The fraction of sp³-hybridized carbons (Fsp3) is 0.200. The van der Waals surface area contributed by atoms with E-state index >= 15 is 0 Å². The van der Waals surface area contributed by atoms with E-state index in [4.69, 9.17) is 14.7 Å². The van der Waals surface area contributed by atoms with Gasteiger partial charge in [-0.1, -0.05) is 0 Å². The molecule has 0 spiro atoms. The number of carbonyl (C=O) groups is 1. The van der Waals surface area contributed by atoms with E-state index in [9.17, 15) is 4.79 Å². The highest BCUT2D eigenvalue weighted by Gasteiger charge is 2.10. The number of aldehydes is 1. The summed E-state index contributed by atoms with van der Waals surface area (Å²) in [6.07, 6.45) is 0.735. The number of rotatable bonds is 4. The molecule has 0 unspecified atom stereocenters. The van der Waals surface area contributed by atoms with Crippen LogP contribution in [0, 0.1) is 14.9 Å². The Hall–Kier alpha value is -1.29. The van der Waals surface area contributed by atoms with Crippen LogP contribution in [0.3, 0.4) is 0 Å². The lowest BCUT2D eigenvalue weighted by Crippen LogP contribution is -2.00. The Labute approximate surface area is 101 Å². The van der Waals surface area contributed by atoms with Crippen molar-refractivity contribution in [2.45, 2.75) is 0 Å². The molecule has 0 aliphatic rings. The van der Waals surface area contributed by atoms with Gasteiger partial charge < -0.3 is 9.47 Å². The van der Waals surface area contributed by atoms with Crippen LogP contribution in [0.15, 0.2) is 12.1 Å². The van der Waals surface area contributed by atoms with Crippen molar-refractivity contribution in [3.05, 3.63) is 21.3 Å². The zero-order valence-corrected chi connectivity index (χ0v) is 10.1. The molecule has 0 atom stereocenters. The van der Waals surface area contributed by atoms with Gasteiger partial charge in [0.2, 0.25) is 0 Å². The Morgan fingerprint density at radius 1 is 1.60 bits per heavy atom. The van der Waals surface area contributed by atoms with Crippen molar-refractivity contribution in [1.82, 2.24) is 0 Å². The van der Waals surface area contributed by atoms with Gasteiger partial charge in [0.15, 0.2) is 18.1 Å². The highest BCUT2D eigenvalue weighted by Crippen LogP contribution is 2.33. The first-order chi connectivity index (χ1) is 7.22. The second kappa shape index (κ2) is 5.56. The smallest absolute Gasteiger partial charge is 0.176 e. The Balaban J connectivity index is 3.13. The largest absolute Gasteiger partial charge is 0.493 e. The summed E-state index contributed by atoms with van der Waals surface area (Å²) in [5.41, 5.74) is 0.514. The molecule has 0 aliphatic heterocycles. The van der Waals surface area contributed by atoms with Crippen LogP contribution in [0.4, 0.5) is 0 Å². The highest BCUT2D eigenvalue weighted by atomic mass is 127. The summed E-state index contributed by atoms with van der Waals surface area (Å²) in [5.74, 6) is 0.949. The first kappa shape index (κ1) is 11.8. The summed E-state index contributed by atoms with van der Waals surface area (Å²) in [6.45, 7) is -0.0488. The minimum Gasteiger partial charge on any atom is -0.493 e. The lowest BCUT2D eigenvalue weighted by molar-refractivity contribution is 0.112. The van der Waals surface area contributed by atoms with E-state index in [0.29, 0.717) is 17.1 Å². The van der Waals surface area contributed by atoms with Gasteiger partial charge >= 0.3 is 0 Å². The monoisotopic (exact) mass is 317 g/mol. The molecule has 0 amide bonds. The molecule has 0 heterocycles. The summed E-state index contributed by atoms with van der Waals surface area (Å²) < 4.78 is 11.0. The van der Waals surface area contributed by atoms with Gasteiger partial charge in [-0.05, 0) is 34.7 Å². The van der Waals surface area contributed by atoms with Crippen molar-refractivity contribution in [3.63, 3.8) is 0 Å². The molecule has 0 saturated heterocycles. The standard InChI is InChI=1S/C10H8INO3/c1-14-9-5-7(6-13)4-8(11)10(9)15-3-2-12/h4-6H,3H2,1H3. The van der Waals surface area contributed by atoms with Crippen molar-refractivity contribution in [2.75, 3.05) is 13.7 Å². The van der Waals surface area contributed by atoms with Gasteiger partial charge in [0.05, 0.1) is 10.7 Å². The topological polar surface area (TPSA) is 59.3 Å². The number of ether oxygens (including phenoxy) is 2. The first-order valence-electron chi connectivity index (χ1n) is 4.05. The fourth-order valence-electron chi connectivity index (χ4n) is 1.05. The second-order valence-electron chi connectivity index (χ2n) is 2.60. The fourth-order valence-corrected chi connectivity index (χ4v) is 1.83. The highest BCUT2D eigenvalue weighted by molar-refractivity contribution is 14.1. The number of halogens is 1. The molecule has 4 nitrogen and oxygen atoms in total. The second-order valence-corrected chi connectivity index (χ2v) is 3.76. The zero-order valence-electron chi connectivity index (χ0n) is 7.99. The molecule has 15 heavy (non-hydrogen) atoms. The number of nitriles is 1. The van der Waals surface area contributed by atoms with Crippen molar-refractivity contribution in [2.24, 2.45) is 0 Å². The van der Waals surface area contributed by atoms with Crippen LogP contribution in [0.25, 0.3) is 0 Å². The van der Waals surface area contributed by atoms with Crippen LogP contribution in [0.1, 0.15) is 10.4 Å². The third-order valence-corrected chi connectivity index (χ3v) is 2.47. The molecule has 1 aromatic rings. The molecule has 5 heteroatoms. The molecule has 1 aromatic carbocycles. The van der Waals surface area contributed by atoms with Crippen LogP contribution in [0.2, 0.25) is 0 Å². The van der Waals surface area contributed by atoms with Crippen molar-refractivity contribution < 1.29 is 14.3 Å². The number of hydrogen-bond acceptors (Lipinski definition) is 4. The Morgan fingerprint density at radius 2 is 2.33 bits per heavy atom. The van der Waals surface area contributed by atoms with Crippen LogP contribution < -0.4 is 9.47 Å². The van der Waals surface area contributed by atoms with Crippen LogP contribution >= 0.6 is 22.6 Å². The maximum absolute atomic E-state index is 10.6. The maximum Gasteiger partial charge on any atom is 0.176 e. The number of carbonyl (C=O) groups excluding carboxylic acids is 1. The van der Waals surface area contributed by atoms with Crippen LogP contribution in [0.5, 0.6) is 11.5 Å². The summed E-state index contributed by atoms with van der Waals surface area (Å²) in [6, 6.07) is 5.11. The van der Waals surface area contributed by atoms with Crippen molar-refractivity contribution >= 4 is 28.9 Å². The van der Waals surface area contributed by atoms with Gasteiger partial charge in [-0.2, -0.15) is 5.26 Å². The minimum atomic E-state index is -0.0488. The van der Waals surface area contributed by atoms with E-state index in [1.54, 1.807) is 12.1 Å². The lowest BCUT2D eigenvalue weighted by atomic mass is 10.2. The van der Waals surface area contributed by atoms with E-state index in [1.165, 1.54) is 7.11 Å². The summed E-state index contributed by atoms with van der Waals surface area (Å²) in [4.78, 5) is 10.6. The number of benzene rings is 1. The number of nitrogens with zero attached hydrogens (tertiary/aromatic N) is 1. The summed E-state index contributed by atoms with van der Waals surface area (Å²) in [5, 5.41) is 8.41. The van der Waals surface area contributed by atoms with E-state index in [-0.39, 0.29) is 6.61 Å². The predicted molar refractivity (Wildman–Crippen MR) is 62.2 cm³/mol. The lowest BCUT2D eigenvalue weighted by Gasteiger charge is -2.10. The van der Waals surface area contributed by atoms with E-state index < -0.39 is 0 Å². The zero-order chi connectivity index (χ0) is 11.3. The van der Waals surface area contributed by atoms with Gasteiger partial charge in [-0.15, -0.1) is 0 Å². The van der Waals surface area contributed by atoms with Crippen molar-refractivity contribution in [3.8, 4) is 17.6 Å². The molecular weight excluding hydrogens is 309 g/mol. The Bertz CT molecular complexity index is 412. The third kappa shape index (κ3) is 2.83. The van der Waals surface area contributed by atoms with Crippen molar-refractivity contribution in [1.29, 1.82) is 5.26 Å². The van der Waals surface area contributed by atoms with Crippen LogP contribution in [-0.4, -0.2) is 20.0 Å². The molecule has 0 fully saturated rings. The number of hydrogen-bond donors (Lipinski definition) is 0. The minimum absolute atomic E-state index is 0.0488. The van der Waals surface area contributed by atoms with Gasteiger partial charge in [-0.25, -0.2) is 0 Å². The molecule has 1 rings (SSSR count). The number of methoxy groups -OCH3 is 1. The van der Waals surface area contributed by atoms with E-state index in [2.05, 4.69) is 0 Å². The predicted octanol–water partition coefficient (Wildman–Crippen LogP) is 2.01. The summed E-state index contributed by atoms with van der Waals surface area (Å²) in [7, 11) is 1.49. The Kier molecular flexibility index (Phi) is 4.37. The Morgan fingerprint density at radius 3 is 2.87 bits per heavy atom. The average molecular weight is 317 g/mol. The molecule has 0 N–H and O–H groups in total. The van der Waals surface area contributed by atoms with Gasteiger partial charge in [0.1, 0.15) is 12.4 Å². The molecular formula is C10H8INO3. The third-order valence-electron chi connectivity index (χ3n) is 1.67. The SMILES string of the molecule is COc1cc(C=O)cc(I)c1OCC#N. The normalized spacial score (nSPS) is 9.13. The van der Waals surface area contributed by atoms with Gasteiger partial charge in [0.25, 0.3) is 0 Å². The van der Waals surface area contributed by atoms with Crippen LogP contribution in [-0.2, 0) is 0 Å². The van der Waals surface area contributed by atoms with E-state index in [1.807, 2.05) is 28.7 Å². The van der Waals surface area contributed by atoms with Gasteiger partial charge in [0, 0.05) is 5.56 Å². The molecule has 0 saturated carbocycles. The molecule has 78 valence electrons. The quantitative estimate of drug-likeness (QED) is 0.630. The van der Waals surface area contributed by atoms with Gasteiger partial charge in [-0.3, -0.25) is 4.79 Å². The summed E-state index contributed by atoms with van der Waals surface area (Å²) >= 11 is 2.02. The van der Waals surface area contributed by atoms with E-state index in [0.717, 1.165) is 9.86 Å². The maximum atomic E-state index is 10.6. The average Bonchev–Trinajstić information content (AvgIpc) is 2.26. The first-order valence-corrected chi connectivity index (χ1v) is 5.13. The molecule has 0 radical (unpaired) electrons.